The Morgan fingerprint density at radius 2 is 2.36 bits per heavy atom. The van der Waals surface area contributed by atoms with Crippen molar-refractivity contribution >= 4 is 11.6 Å². The summed E-state index contributed by atoms with van der Waals surface area (Å²) in [5, 5.41) is 12.8. The monoisotopic (exact) mass is 215 g/mol. The van der Waals surface area contributed by atoms with E-state index in [1.54, 1.807) is 25.2 Å². The number of hydrogen-bond donors (Lipinski definition) is 2. The van der Waals surface area contributed by atoms with Crippen molar-refractivity contribution in [3.63, 3.8) is 0 Å². The molecule has 0 saturated heterocycles. The largest absolute Gasteiger partial charge is 0.491 e. The maximum atomic E-state index is 9.36. The van der Waals surface area contributed by atoms with Gasteiger partial charge in [0.15, 0.2) is 0 Å². The van der Waals surface area contributed by atoms with Crippen LogP contribution >= 0.6 is 11.6 Å². The van der Waals surface area contributed by atoms with Crippen molar-refractivity contribution < 1.29 is 9.84 Å². The molecular formula is C10H14ClNO2. The van der Waals surface area contributed by atoms with Crippen LogP contribution < -0.4 is 10.1 Å². The molecule has 0 aliphatic carbocycles. The predicted molar refractivity (Wildman–Crippen MR) is 56.9 cm³/mol. The number of rotatable bonds is 5. The molecule has 1 rings (SSSR count). The van der Waals surface area contributed by atoms with E-state index in [0.29, 0.717) is 17.3 Å². The lowest BCUT2D eigenvalue weighted by atomic mass is 10.3. The van der Waals surface area contributed by atoms with Gasteiger partial charge < -0.3 is 15.2 Å². The van der Waals surface area contributed by atoms with Crippen molar-refractivity contribution in [2.24, 2.45) is 0 Å². The molecule has 0 spiro atoms. The van der Waals surface area contributed by atoms with Gasteiger partial charge in [0.25, 0.3) is 0 Å². The van der Waals surface area contributed by atoms with Crippen molar-refractivity contribution in [1.29, 1.82) is 0 Å². The zero-order valence-corrected chi connectivity index (χ0v) is 8.79. The SMILES string of the molecule is CNCC(O)COc1cccc(Cl)c1. The zero-order chi connectivity index (χ0) is 10.4. The van der Waals surface area contributed by atoms with Gasteiger partial charge in [0.1, 0.15) is 18.5 Å². The number of benzene rings is 1. The van der Waals surface area contributed by atoms with Crippen LogP contribution in [0.15, 0.2) is 24.3 Å². The van der Waals surface area contributed by atoms with Crippen LogP contribution in [0.3, 0.4) is 0 Å². The Labute approximate surface area is 88.7 Å². The van der Waals surface area contributed by atoms with Gasteiger partial charge in [0, 0.05) is 11.6 Å². The molecule has 0 aromatic heterocycles. The molecule has 0 amide bonds. The molecule has 0 bridgehead atoms. The standard InChI is InChI=1S/C10H14ClNO2/c1-12-6-9(13)7-14-10-4-2-3-8(11)5-10/h2-5,9,12-13H,6-7H2,1H3. The van der Waals surface area contributed by atoms with E-state index in [9.17, 15) is 5.11 Å². The highest BCUT2D eigenvalue weighted by Crippen LogP contribution is 2.16. The number of aliphatic hydroxyl groups is 1. The van der Waals surface area contributed by atoms with E-state index >= 15 is 0 Å². The van der Waals surface area contributed by atoms with Crippen molar-refractivity contribution in [2.45, 2.75) is 6.10 Å². The van der Waals surface area contributed by atoms with E-state index in [2.05, 4.69) is 5.32 Å². The second-order valence-electron chi connectivity index (χ2n) is 2.98. The number of halogens is 1. The van der Waals surface area contributed by atoms with Crippen LogP contribution in [0.1, 0.15) is 0 Å². The van der Waals surface area contributed by atoms with Crippen molar-refractivity contribution in [3.05, 3.63) is 29.3 Å². The van der Waals surface area contributed by atoms with Gasteiger partial charge in [-0.2, -0.15) is 0 Å². The van der Waals surface area contributed by atoms with Gasteiger partial charge in [0.2, 0.25) is 0 Å². The van der Waals surface area contributed by atoms with E-state index in [0.717, 1.165) is 0 Å². The first-order valence-corrected chi connectivity index (χ1v) is 4.81. The predicted octanol–water partition coefficient (Wildman–Crippen LogP) is 1.30. The Kier molecular flexibility index (Phi) is 4.73. The first-order valence-electron chi connectivity index (χ1n) is 4.43. The first-order chi connectivity index (χ1) is 6.72. The number of nitrogens with one attached hydrogen (secondary N) is 1. The highest BCUT2D eigenvalue weighted by atomic mass is 35.5. The van der Waals surface area contributed by atoms with Crippen molar-refractivity contribution in [3.8, 4) is 5.75 Å². The Morgan fingerprint density at radius 3 is 3.00 bits per heavy atom. The number of likely N-dealkylation sites (N-methyl/N-ethyl adjacent to an activating group) is 1. The second kappa shape index (κ2) is 5.86. The Hall–Kier alpha value is -0.770. The molecule has 4 heteroatoms. The summed E-state index contributed by atoms with van der Waals surface area (Å²) in [6.07, 6.45) is -0.501. The fraction of sp³-hybridized carbons (Fsp3) is 0.400. The normalized spacial score (nSPS) is 12.5. The number of aliphatic hydroxyl groups excluding tert-OH is 1. The van der Waals surface area contributed by atoms with Crippen LogP contribution in [0, 0.1) is 0 Å². The van der Waals surface area contributed by atoms with Gasteiger partial charge in [0.05, 0.1) is 0 Å². The minimum Gasteiger partial charge on any atom is -0.491 e. The van der Waals surface area contributed by atoms with Crippen LogP contribution in [0.4, 0.5) is 0 Å². The molecule has 0 aliphatic heterocycles. The Bertz CT molecular complexity index is 281. The maximum absolute atomic E-state index is 9.36. The van der Waals surface area contributed by atoms with Gasteiger partial charge in [-0.3, -0.25) is 0 Å². The second-order valence-corrected chi connectivity index (χ2v) is 3.42. The molecule has 1 unspecified atom stereocenters. The van der Waals surface area contributed by atoms with Crippen LogP contribution in [-0.2, 0) is 0 Å². The highest BCUT2D eigenvalue weighted by molar-refractivity contribution is 6.30. The summed E-state index contributed by atoms with van der Waals surface area (Å²) in [7, 11) is 1.78. The fourth-order valence-corrected chi connectivity index (χ4v) is 1.22. The zero-order valence-electron chi connectivity index (χ0n) is 8.03. The lowest BCUT2D eigenvalue weighted by molar-refractivity contribution is 0.108. The molecule has 78 valence electrons. The van der Waals surface area contributed by atoms with Gasteiger partial charge in [-0.25, -0.2) is 0 Å². The molecule has 1 aromatic carbocycles. The molecule has 14 heavy (non-hydrogen) atoms. The third kappa shape index (κ3) is 3.96. The lowest BCUT2D eigenvalue weighted by Crippen LogP contribution is -2.29. The first kappa shape index (κ1) is 11.3. The summed E-state index contributed by atoms with van der Waals surface area (Å²) in [5.41, 5.74) is 0. The summed E-state index contributed by atoms with van der Waals surface area (Å²) in [6.45, 7) is 0.780. The van der Waals surface area contributed by atoms with Crippen molar-refractivity contribution in [1.82, 2.24) is 5.32 Å². The molecule has 0 radical (unpaired) electrons. The van der Waals surface area contributed by atoms with Gasteiger partial charge in [-0.15, -0.1) is 0 Å². The summed E-state index contributed by atoms with van der Waals surface area (Å²) >= 11 is 5.77. The third-order valence-electron chi connectivity index (χ3n) is 1.68. The quantitative estimate of drug-likeness (QED) is 0.778. The van der Waals surface area contributed by atoms with E-state index in [4.69, 9.17) is 16.3 Å². The minimum atomic E-state index is -0.501. The summed E-state index contributed by atoms with van der Waals surface area (Å²) < 4.78 is 5.33. The minimum absolute atomic E-state index is 0.265. The molecule has 0 heterocycles. The van der Waals surface area contributed by atoms with E-state index in [1.165, 1.54) is 0 Å². The van der Waals surface area contributed by atoms with Crippen LogP contribution in [0.25, 0.3) is 0 Å². The van der Waals surface area contributed by atoms with Gasteiger partial charge in [-0.05, 0) is 25.2 Å². The molecule has 0 saturated carbocycles. The molecule has 3 nitrogen and oxygen atoms in total. The van der Waals surface area contributed by atoms with Crippen LogP contribution in [-0.4, -0.2) is 31.4 Å². The summed E-state index contributed by atoms with van der Waals surface area (Å²) in [6, 6.07) is 7.10. The Morgan fingerprint density at radius 1 is 1.57 bits per heavy atom. The van der Waals surface area contributed by atoms with Crippen molar-refractivity contribution in [2.75, 3.05) is 20.2 Å². The molecule has 1 atom stereocenters. The molecule has 0 aliphatic rings. The van der Waals surface area contributed by atoms with E-state index in [-0.39, 0.29) is 6.61 Å². The van der Waals surface area contributed by atoms with E-state index in [1.807, 2.05) is 6.07 Å². The molecular weight excluding hydrogens is 202 g/mol. The summed E-state index contributed by atoms with van der Waals surface area (Å²) in [5.74, 6) is 0.674. The average Bonchev–Trinajstić information content (AvgIpc) is 2.15. The fourth-order valence-electron chi connectivity index (χ4n) is 1.04. The lowest BCUT2D eigenvalue weighted by Gasteiger charge is -2.11. The molecule has 2 N–H and O–H groups in total. The third-order valence-corrected chi connectivity index (χ3v) is 1.91. The maximum Gasteiger partial charge on any atom is 0.120 e. The molecule has 1 aromatic rings. The van der Waals surface area contributed by atoms with E-state index < -0.39 is 6.10 Å². The highest BCUT2D eigenvalue weighted by Gasteiger charge is 2.03. The van der Waals surface area contributed by atoms with Crippen LogP contribution in [0.5, 0.6) is 5.75 Å². The number of hydrogen-bond acceptors (Lipinski definition) is 3. The van der Waals surface area contributed by atoms with Gasteiger partial charge in [-0.1, -0.05) is 17.7 Å². The van der Waals surface area contributed by atoms with Gasteiger partial charge >= 0.3 is 0 Å². The van der Waals surface area contributed by atoms with Crippen LogP contribution in [0.2, 0.25) is 5.02 Å². The average molecular weight is 216 g/mol. The Balaban J connectivity index is 2.37. The smallest absolute Gasteiger partial charge is 0.120 e. The number of ether oxygens (including phenoxy) is 1. The molecule has 0 fully saturated rings. The summed E-state index contributed by atoms with van der Waals surface area (Å²) in [4.78, 5) is 0. The topological polar surface area (TPSA) is 41.5 Å².